The molecule has 0 saturated carbocycles. The van der Waals surface area contributed by atoms with Gasteiger partial charge in [0, 0.05) is 8.55 Å². The maximum Gasteiger partial charge on any atom is 0.150 e. The van der Waals surface area contributed by atoms with Crippen LogP contribution in [-0.4, -0.2) is 31.7 Å². The highest BCUT2D eigenvalue weighted by atomic mass is 29.5. The van der Waals surface area contributed by atoms with Crippen LogP contribution in [0.25, 0.3) is 0 Å². The van der Waals surface area contributed by atoms with Gasteiger partial charge in [0.1, 0.15) is 8.56 Å². The van der Waals surface area contributed by atoms with Gasteiger partial charge < -0.3 is 4.80 Å². The molecule has 0 spiro atoms. The van der Waals surface area contributed by atoms with E-state index in [2.05, 4.69) is 6.92 Å². The zero-order valence-corrected chi connectivity index (χ0v) is 9.42. The molecule has 1 radical (unpaired) electrons. The summed E-state index contributed by atoms with van der Waals surface area (Å²) < 4.78 is 0. The summed E-state index contributed by atoms with van der Waals surface area (Å²) in [5.41, 5.74) is 0. The molecule has 0 aromatic carbocycles. The van der Waals surface area contributed by atoms with Crippen LogP contribution in [0.5, 0.6) is 0 Å². The van der Waals surface area contributed by atoms with Crippen LogP contribution in [0.1, 0.15) is 6.42 Å². The molecule has 4 heteroatoms. The fourth-order valence-corrected chi connectivity index (χ4v) is 7.08. The molecule has 0 rings (SSSR count). The van der Waals surface area contributed by atoms with Crippen LogP contribution in [0.4, 0.5) is 0 Å². The molecule has 0 fully saturated rings. The minimum Gasteiger partial charge on any atom is -0.439 e. The molecule has 0 heterocycles. The number of hydrogen-bond acceptors (Lipinski definition) is 1. The van der Waals surface area contributed by atoms with Crippen molar-refractivity contribution in [2.45, 2.75) is 12.5 Å². The largest absolute Gasteiger partial charge is 0.439 e. The Morgan fingerprint density at radius 1 is 1.86 bits per heavy atom. The van der Waals surface area contributed by atoms with Crippen molar-refractivity contribution in [2.75, 3.05) is 0 Å². The highest BCUT2D eigenvalue weighted by molar-refractivity contribution is 7.28. The van der Waals surface area contributed by atoms with Crippen molar-refractivity contribution in [1.29, 1.82) is 0 Å². The van der Waals surface area contributed by atoms with Gasteiger partial charge in [-0.3, -0.25) is 0 Å². The molecule has 0 aromatic rings. The third kappa shape index (κ3) is 4.46. The van der Waals surface area contributed by atoms with Crippen LogP contribution in [0, 0.1) is 6.92 Å². The molecule has 43 valence electrons. The first-order valence-electron chi connectivity index (χ1n) is 2.78. The predicted molar refractivity (Wildman–Crippen MR) is 42.6 cm³/mol. The summed E-state index contributed by atoms with van der Waals surface area (Å²) in [5.74, 6) is 0. The molecule has 0 aliphatic rings. The fourth-order valence-electron chi connectivity index (χ4n) is 0.440. The zero-order valence-electron chi connectivity index (χ0n) is 4.85. The Morgan fingerprint density at radius 2 is 2.43 bits per heavy atom. The van der Waals surface area contributed by atoms with E-state index in [1.54, 1.807) is 0 Å². The van der Waals surface area contributed by atoms with Gasteiger partial charge in [-0.15, -0.1) is 0 Å². The normalized spacial score (nSPS) is 16.3. The molecule has 1 N–H and O–H groups in total. The standard InChI is InChI=1S/C3H13OSi3/c1-2-3-7(4)6-5/h4,7H,1-3,6H2,5H3. The van der Waals surface area contributed by atoms with Crippen molar-refractivity contribution in [3.63, 3.8) is 0 Å². The summed E-state index contributed by atoms with van der Waals surface area (Å²) in [4.78, 5) is 9.05. The van der Waals surface area contributed by atoms with Gasteiger partial charge >= 0.3 is 0 Å². The average Bonchev–Trinajstić information content (AvgIpc) is 1.68. The Kier molecular flexibility index (Phi) is 5.18. The molecular weight excluding hydrogens is 136 g/mol. The first kappa shape index (κ1) is 7.61. The molecule has 0 saturated heterocycles. The lowest BCUT2D eigenvalue weighted by atomic mass is 10.6. The second-order valence-corrected chi connectivity index (χ2v) is 17.0. The third-order valence-corrected chi connectivity index (χ3v) is 15.6. The second kappa shape index (κ2) is 4.76. The monoisotopic (exact) mass is 149 g/mol. The Balaban J connectivity index is 2.83. The smallest absolute Gasteiger partial charge is 0.150 e. The molecule has 0 aromatic heterocycles. The van der Waals surface area contributed by atoms with Gasteiger partial charge in [0.25, 0.3) is 0 Å². The molecule has 0 amide bonds. The van der Waals surface area contributed by atoms with E-state index < -0.39 is 8.56 Å². The Hall–Kier alpha value is 0.611. The average molecular weight is 149 g/mol. The highest BCUT2D eigenvalue weighted by Gasteiger charge is 1.98. The van der Waals surface area contributed by atoms with Gasteiger partial charge in [0.2, 0.25) is 0 Å². The summed E-state index contributed by atoms with van der Waals surface area (Å²) in [6.07, 6.45) is 0.961. The Labute approximate surface area is 51.7 Å². The molecular formula is C3H13OSi3. The van der Waals surface area contributed by atoms with Crippen LogP contribution < -0.4 is 0 Å². The van der Waals surface area contributed by atoms with Gasteiger partial charge in [-0.05, 0) is 15.8 Å². The third-order valence-electron chi connectivity index (χ3n) is 1.01. The number of rotatable bonds is 3. The highest BCUT2D eigenvalue weighted by Crippen LogP contribution is 1.88. The van der Waals surface area contributed by atoms with Gasteiger partial charge in [-0.1, -0.05) is 13.3 Å². The van der Waals surface area contributed by atoms with Crippen molar-refractivity contribution in [3.05, 3.63) is 6.92 Å². The molecule has 0 aliphatic heterocycles. The van der Waals surface area contributed by atoms with E-state index in [0.29, 0.717) is 0 Å². The molecule has 0 aliphatic carbocycles. The quantitative estimate of drug-likeness (QED) is 0.455. The van der Waals surface area contributed by atoms with Gasteiger partial charge in [-0.2, -0.15) is 0 Å². The van der Waals surface area contributed by atoms with E-state index in [1.807, 2.05) is 0 Å². The number of hydrogen-bond donors (Lipinski definition) is 1. The lowest BCUT2D eigenvalue weighted by molar-refractivity contribution is 0.590. The summed E-state index contributed by atoms with van der Waals surface area (Å²) in [5, 5.41) is 0. The maximum atomic E-state index is 9.05. The zero-order chi connectivity index (χ0) is 5.70. The lowest BCUT2D eigenvalue weighted by Crippen LogP contribution is -2.21. The molecule has 0 bridgehead atoms. The van der Waals surface area contributed by atoms with Crippen LogP contribution in [0.15, 0.2) is 0 Å². The first-order valence-corrected chi connectivity index (χ1v) is 13.0. The topological polar surface area (TPSA) is 20.2 Å². The molecule has 7 heavy (non-hydrogen) atoms. The Morgan fingerprint density at radius 3 is 2.57 bits per heavy atom. The minimum atomic E-state index is -1.04. The van der Waals surface area contributed by atoms with Crippen molar-refractivity contribution in [1.82, 2.24) is 0 Å². The van der Waals surface area contributed by atoms with Crippen molar-refractivity contribution in [3.8, 4) is 0 Å². The lowest BCUT2D eigenvalue weighted by Gasteiger charge is -1.98. The van der Waals surface area contributed by atoms with Crippen LogP contribution in [0.3, 0.4) is 0 Å². The van der Waals surface area contributed by atoms with E-state index in [9.17, 15) is 0 Å². The van der Waals surface area contributed by atoms with E-state index in [-0.39, 0.29) is 8.55 Å². The van der Waals surface area contributed by atoms with Crippen LogP contribution in [0.2, 0.25) is 6.04 Å². The van der Waals surface area contributed by atoms with E-state index in [0.717, 1.165) is 12.5 Å². The predicted octanol–water partition coefficient (Wildman–Crippen LogP) is -2.13. The van der Waals surface area contributed by atoms with E-state index >= 15 is 0 Å². The van der Waals surface area contributed by atoms with E-state index in [4.69, 9.17) is 4.80 Å². The second-order valence-electron chi connectivity index (χ2n) is 1.70. The van der Waals surface area contributed by atoms with Crippen molar-refractivity contribution in [2.24, 2.45) is 0 Å². The van der Waals surface area contributed by atoms with Gasteiger partial charge in [0.05, 0.1) is 0 Å². The summed E-state index contributed by atoms with van der Waals surface area (Å²) in [6, 6.07) is 1.08. The first-order chi connectivity index (χ1) is 3.31. The van der Waals surface area contributed by atoms with Crippen LogP contribution in [-0.2, 0) is 0 Å². The van der Waals surface area contributed by atoms with Gasteiger partial charge in [0.15, 0.2) is 0 Å². The SMILES string of the molecule is [CH2]CC[SiH](O)[SiH2][SiH3]. The van der Waals surface area contributed by atoms with Crippen molar-refractivity contribution < 1.29 is 4.80 Å². The summed E-state index contributed by atoms with van der Waals surface area (Å²) in [6.45, 7) is 3.69. The summed E-state index contributed by atoms with van der Waals surface area (Å²) in [7, 11) is 0.387. The van der Waals surface area contributed by atoms with Crippen molar-refractivity contribution >= 4 is 26.9 Å². The van der Waals surface area contributed by atoms with Crippen LogP contribution >= 0.6 is 0 Å². The molecule has 1 unspecified atom stereocenters. The maximum absolute atomic E-state index is 9.05. The van der Waals surface area contributed by atoms with Gasteiger partial charge in [-0.25, -0.2) is 0 Å². The minimum absolute atomic E-state index is 0.121. The molecule has 1 nitrogen and oxygen atoms in total. The fraction of sp³-hybridized carbons (Fsp3) is 0.667. The van der Waals surface area contributed by atoms with E-state index in [1.165, 1.54) is 9.76 Å². The Bertz CT molecular complexity index is 41.2. The molecule has 1 atom stereocenters. The summed E-state index contributed by atoms with van der Waals surface area (Å²) >= 11 is 0.